The molecule has 10 heteroatoms. The molecule has 6 atom stereocenters. The quantitative estimate of drug-likeness (QED) is 0.556. The van der Waals surface area contributed by atoms with Gasteiger partial charge in [-0.05, 0) is 56.3 Å². The Balaban J connectivity index is 1.78. The molecule has 10 nitrogen and oxygen atoms in total. The molecule has 2 N–H and O–H groups in total. The molecule has 3 rings (SSSR count). The predicted octanol–water partition coefficient (Wildman–Crippen LogP) is 2.29. The van der Waals surface area contributed by atoms with Crippen LogP contribution in [0.4, 0.5) is 4.79 Å². The van der Waals surface area contributed by atoms with Crippen LogP contribution in [0.5, 0.6) is 0 Å². The molecule has 1 saturated carbocycles. The second kappa shape index (κ2) is 9.80. The number of fused-ring (bicyclic) bond motifs is 1. The topological polar surface area (TPSA) is 132 Å². The molecule has 0 spiro atoms. The Morgan fingerprint density at radius 2 is 1.78 bits per heavy atom. The van der Waals surface area contributed by atoms with Gasteiger partial charge >= 0.3 is 6.09 Å². The van der Waals surface area contributed by atoms with E-state index in [-0.39, 0.29) is 47.3 Å². The number of nitriles is 1. The van der Waals surface area contributed by atoms with Crippen molar-refractivity contribution in [3.05, 3.63) is 0 Å². The van der Waals surface area contributed by atoms with Crippen molar-refractivity contribution in [2.24, 2.45) is 28.6 Å². The Kier molecular flexibility index (Phi) is 7.62. The van der Waals surface area contributed by atoms with Gasteiger partial charge in [0.25, 0.3) is 0 Å². The van der Waals surface area contributed by atoms with E-state index < -0.39 is 35.2 Å². The molecular weight excluding hydrogens is 474 g/mol. The lowest BCUT2D eigenvalue weighted by molar-refractivity contribution is -0.144. The van der Waals surface area contributed by atoms with E-state index in [1.165, 1.54) is 0 Å². The highest BCUT2D eigenvalue weighted by Crippen LogP contribution is 2.65. The lowest BCUT2D eigenvalue weighted by Gasteiger charge is -2.38. The summed E-state index contributed by atoms with van der Waals surface area (Å²) in [5.74, 6) is -0.942. The van der Waals surface area contributed by atoms with E-state index in [0.717, 1.165) is 0 Å². The number of alkyl carbamates (subject to hydrolysis) is 1. The fourth-order valence-electron chi connectivity index (χ4n) is 5.85. The molecule has 0 aromatic carbocycles. The number of hydrogen-bond acceptors (Lipinski definition) is 6. The van der Waals surface area contributed by atoms with Crippen molar-refractivity contribution in [1.29, 1.82) is 5.26 Å². The largest absolute Gasteiger partial charge is 0.444 e. The minimum Gasteiger partial charge on any atom is -0.444 e. The number of hydrogen-bond donors (Lipinski definition) is 2. The SMILES string of the molecule is CN1CC[C@@H](C[C@@H](C#N)NC(=O)[C@@H]2[C@@H]3[C@H](CN2C(=O)[C@@H](NC(=O)OC(C)(C)C)C(C)(C)C)C3(C)C)C1=O. The Hall–Kier alpha value is -2.83. The van der Waals surface area contributed by atoms with Crippen molar-refractivity contribution in [3.8, 4) is 6.07 Å². The number of carbonyl (C=O) groups excluding carboxylic acids is 4. The minimum atomic E-state index is -0.906. The van der Waals surface area contributed by atoms with Gasteiger partial charge in [0.1, 0.15) is 23.7 Å². The monoisotopic (exact) mass is 517 g/mol. The van der Waals surface area contributed by atoms with Gasteiger partial charge in [-0.1, -0.05) is 34.6 Å². The molecule has 2 aliphatic heterocycles. The van der Waals surface area contributed by atoms with Crippen LogP contribution in [0.2, 0.25) is 0 Å². The molecule has 3 aliphatic rings. The minimum absolute atomic E-state index is 0.0169. The summed E-state index contributed by atoms with van der Waals surface area (Å²) in [6.45, 7) is 16.0. The first-order chi connectivity index (χ1) is 16.9. The number of nitrogens with one attached hydrogen (secondary N) is 2. The molecule has 0 aromatic heterocycles. The number of nitrogens with zero attached hydrogens (tertiary/aromatic N) is 3. The fraction of sp³-hybridized carbons (Fsp3) is 0.815. The summed E-state index contributed by atoms with van der Waals surface area (Å²) in [4.78, 5) is 55.6. The summed E-state index contributed by atoms with van der Waals surface area (Å²) in [6.07, 6.45) is 0.204. The molecular formula is C27H43N5O5. The van der Waals surface area contributed by atoms with Crippen LogP contribution in [-0.4, -0.2) is 77.5 Å². The average Bonchev–Trinajstić information content (AvgIpc) is 3.07. The highest BCUT2D eigenvalue weighted by Gasteiger charge is 2.69. The van der Waals surface area contributed by atoms with Crippen LogP contribution in [-0.2, 0) is 19.1 Å². The number of ether oxygens (including phenoxy) is 1. The zero-order valence-electron chi connectivity index (χ0n) is 23.7. The number of piperidine rings is 1. The maximum atomic E-state index is 13.9. The van der Waals surface area contributed by atoms with Gasteiger partial charge in [0.15, 0.2) is 0 Å². The second-order valence-electron chi connectivity index (χ2n) is 13.5. The number of likely N-dealkylation sites (tertiary alicyclic amines) is 2. The third-order valence-electron chi connectivity index (χ3n) is 8.07. The Bertz CT molecular complexity index is 989. The number of rotatable bonds is 6. The van der Waals surface area contributed by atoms with E-state index in [9.17, 15) is 24.4 Å². The summed E-state index contributed by atoms with van der Waals surface area (Å²) in [7, 11) is 1.73. The third kappa shape index (κ3) is 6.02. The average molecular weight is 518 g/mol. The Labute approximate surface area is 220 Å². The van der Waals surface area contributed by atoms with Gasteiger partial charge in [-0.15, -0.1) is 0 Å². The summed E-state index contributed by atoms with van der Waals surface area (Å²) < 4.78 is 5.39. The van der Waals surface area contributed by atoms with Crippen molar-refractivity contribution in [2.75, 3.05) is 20.1 Å². The van der Waals surface area contributed by atoms with Gasteiger partial charge in [0.2, 0.25) is 17.7 Å². The van der Waals surface area contributed by atoms with Crippen LogP contribution >= 0.6 is 0 Å². The molecule has 2 saturated heterocycles. The summed E-state index contributed by atoms with van der Waals surface area (Å²) in [5, 5.41) is 15.3. The van der Waals surface area contributed by atoms with E-state index >= 15 is 0 Å². The van der Waals surface area contributed by atoms with Gasteiger partial charge in [0.05, 0.1) is 6.07 Å². The molecule has 0 aromatic rings. The van der Waals surface area contributed by atoms with Gasteiger partial charge in [-0.2, -0.15) is 5.26 Å². The highest BCUT2D eigenvalue weighted by atomic mass is 16.6. The molecule has 37 heavy (non-hydrogen) atoms. The smallest absolute Gasteiger partial charge is 0.408 e. The first kappa shape index (κ1) is 28.7. The van der Waals surface area contributed by atoms with Crippen molar-refractivity contribution >= 4 is 23.8 Å². The lowest BCUT2D eigenvalue weighted by atomic mass is 9.85. The van der Waals surface area contributed by atoms with Crippen LogP contribution in [0.15, 0.2) is 0 Å². The first-order valence-corrected chi connectivity index (χ1v) is 13.1. The molecule has 1 aliphatic carbocycles. The summed E-state index contributed by atoms with van der Waals surface area (Å²) >= 11 is 0. The zero-order chi connectivity index (χ0) is 28.1. The van der Waals surface area contributed by atoms with Crippen molar-refractivity contribution < 1.29 is 23.9 Å². The third-order valence-corrected chi connectivity index (χ3v) is 8.07. The molecule has 0 unspecified atom stereocenters. The highest BCUT2D eigenvalue weighted by molar-refractivity contribution is 5.93. The van der Waals surface area contributed by atoms with E-state index in [2.05, 4.69) is 30.6 Å². The molecule has 0 radical (unpaired) electrons. The van der Waals surface area contributed by atoms with E-state index in [1.807, 2.05) is 20.8 Å². The molecule has 0 bridgehead atoms. The Morgan fingerprint density at radius 1 is 1.16 bits per heavy atom. The van der Waals surface area contributed by atoms with Crippen LogP contribution in [0, 0.1) is 39.9 Å². The molecule has 206 valence electrons. The lowest BCUT2D eigenvalue weighted by Crippen LogP contribution is -2.60. The second-order valence-corrected chi connectivity index (χ2v) is 13.5. The normalized spacial score (nSPS) is 28.2. The van der Waals surface area contributed by atoms with Crippen molar-refractivity contribution in [3.63, 3.8) is 0 Å². The van der Waals surface area contributed by atoms with Crippen LogP contribution in [0.25, 0.3) is 0 Å². The van der Waals surface area contributed by atoms with Crippen LogP contribution in [0.3, 0.4) is 0 Å². The van der Waals surface area contributed by atoms with Crippen LogP contribution in [0.1, 0.15) is 68.2 Å². The zero-order valence-corrected chi connectivity index (χ0v) is 23.7. The van der Waals surface area contributed by atoms with Gasteiger partial charge < -0.3 is 25.2 Å². The molecule has 3 fully saturated rings. The first-order valence-electron chi connectivity index (χ1n) is 13.1. The molecule has 2 heterocycles. The maximum Gasteiger partial charge on any atom is 0.408 e. The molecule has 4 amide bonds. The van der Waals surface area contributed by atoms with E-state index in [0.29, 0.717) is 19.5 Å². The predicted molar refractivity (Wildman–Crippen MR) is 137 cm³/mol. The standard InChI is InChI=1S/C27H43N5O5/c1-25(2,3)20(30-24(36)37-26(4,5)6)23(35)32-14-17-18(27(17,7)8)19(32)21(33)29-16(13-28)12-15-10-11-31(9)22(15)34/h15-20H,10-12,14H2,1-9H3,(H,29,33)(H,30,36)/t15-,16-,17-,18-,19-,20+/m0/s1. The number of carbonyl (C=O) groups is 4. The maximum absolute atomic E-state index is 13.9. The summed E-state index contributed by atoms with van der Waals surface area (Å²) in [6, 6.07) is -0.362. The van der Waals surface area contributed by atoms with Crippen molar-refractivity contribution in [2.45, 2.75) is 92.0 Å². The van der Waals surface area contributed by atoms with E-state index in [4.69, 9.17) is 4.74 Å². The fourth-order valence-corrected chi connectivity index (χ4v) is 5.85. The van der Waals surface area contributed by atoms with Gasteiger partial charge in [-0.25, -0.2) is 4.79 Å². The van der Waals surface area contributed by atoms with Crippen molar-refractivity contribution in [1.82, 2.24) is 20.4 Å². The van der Waals surface area contributed by atoms with E-state index in [1.54, 1.807) is 37.6 Å². The number of amides is 4. The van der Waals surface area contributed by atoms with Gasteiger partial charge in [0, 0.05) is 26.1 Å². The van der Waals surface area contributed by atoms with Crippen LogP contribution < -0.4 is 10.6 Å². The Morgan fingerprint density at radius 3 is 2.27 bits per heavy atom. The van der Waals surface area contributed by atoms with Gasteiger partial charge in [-0.3, -0.25) is 14.4 Å². The summed E-state index contributed by atoms with van der Waals surface area (Å²) in [5.41, 5.74) is -1.47.